The van der Waals surface area contributed by atoms with E-state index in [2.05, 4.69) is 5.32 Å². The number of hydrogen-bond donors (Lipinski definition) is 2. The Labute approximate surface area is 146 Å². The van der Waals surface area contributed by atoms with Crippen LogP contribution in [0, 0.1) is 5.92 Å². The van der Waals surface area contributed by atoms with E-state index in [9.17, 15) is 14.4 Å². The normalized spacial score (nSPS) is 13.2. The van der Waals surface area contributed by atoms with Crippen LogP contribution < -0.4 is 5.32 Å². The molecule has 24 heavy (non-hydrogen) atoms. The second kappa shape index (κ2) is 8.68. The highest BCUT2D eigenvalue weighted by molar-refractivity contribution is 6.30. The number of aliphatic carboxylic acids is 1. The molecule has 0 saturated heterocycles. The Hall–Kier alpha value is -2.08. The van der Waals surface area contributed by atoms with Gasteiger partial charge in [0.05, 0.1) is 0 Å². The molecule has 0 aliphatic rings. The number of amides is 2. The summed E-state index contributed by atoms with van der Waals surface area (Å²) in [6.45, 7) is 5.28. The maximum absolute atomic E-state index is 12.6. The van der Waals surface area contributed by atoms with Gasteiger partial charge < -0.3 is 15.3 Å². The van der Waals surface area contributed by atoms with Gasteiger partial charge in [-0.2, -0.15) is 0 Å². The standard InChI is InChI=1S/C17H23ClN2O4/c1-10(2)9-14(16(22)20(4)11(3)17(23)24)19-15(21)12-5-7-13(18)8-6-12/h5-8,10-11,14H,9H2,1-4H3,(H,19,21)(H,23,24). The first-order valence-corrected chi connectivity index (χ1v) is 8.07. The molecule has 2 unspecified atom stereocenters. The first-order valence-electron chi connectivity index (χ1n) is 7.69. The highest BCUT2D eigenvalue weighted by Gasteiger charge is 2.30. The van der Waals surface area contributed by atoms with Crippen molar-refractivity contribution in [1.82, 2.24) is 10.2 Å². The predicted octanol–water partition coefficient (Wildman–Crippen LogP) is 2.42. The van der Waals surface area contributed by atoms with Crippen molar-refractivity contribution in [3.05, 3.63) is 34.9 Å². The maximum atomic E-state index is 12.6. The second-order valence-corrected chi connectivity index (χ2v) is 6.56. The molecule has 0 aromatic heterocycles. The summed E-state index contributed by atoms with van der Waals surface area (Å²) in [5.41, 5.74) is 0.384. The molecule has 0 bridgehead atoms. The lowest BCUT2D eigenvalue weighted by molar-refractivity contribution is -0.149. The minimum absolute atomic E-state index is 0.151. The average Bonchev–Trinajstić information content (AvgIpc) is 2.52. The van der Waals surface area contributed by atoms with Crippen molar-refractivity contribution in [2.24, 2.45) is 5.92 Å². The number of rotatable bonds is 7. The lowest BCUT2D eigenvalue weighted by atomic mass is 10.0. The molecule has 2 atom stereocenters. The maximum Gasteiger partial charge on any atom is 0.326 e. The number of carbonyl (C=O) groups is 3. The molecule has 0 aliphatic heterocycles. The fourth-order valence-electron chi connectivity index (χ4n) is 2.14. The minimum atomic E-state index is -1.10. The van der Waals surface area contributed by atoms with Gasteiger partial charge in [0.2, 0.25) is 5.91 Å². The van der Waals surface area contributed by atoms with Crippen molar-refractivity contribution >= 4 is 29.4 Å². The van der Waals surface area contributed by atoms with Crippen LogP contribution in [0.3, 0.4) is 0 Å². The summed E-state index contributed by atoms with van der Waals surface area (Å²) in [7, 11) is 1.42. The summed E-state index contributed by atoms with van der Waals surface area (Å²) < 4.78 is 0. The van der Waals surface area contributed by atoms with E-state index in [1.165, 1.54) is 14.0 Å². The first-order chi connectivity index (χ1) is 11.1. The van der Waals surface area contributed by atoms with Crippen LogP contribution in [0.5, 0.6) is 0 Å². The zero-order valence-electron chi connectivity index (χ0n) is 14.2. The van der Waals surface area contributed by atoms with Crippen LogP contribution in [0.25, 0.3) is 0 Å². The summed E-state index contributed by atoms with van der Waals surface area (Å²) in [5.74, 6) is -1.78. The SMILES string of the molecule is CC(C)CC(NC(=O)c1ccc(Cl)cc1)C(=O)N(C)C(C)C(=O)O. The van der Waals surface area contributed by atoms with Gasteiger partial charge >= 0.3 is 5.97 Å². The third kappa shape index (κ3) is 5.53. The monoisotopic (exact) mass is 354 g/mol. The van der Waals surface area contributed by atoms with Crippen LogP contribution >= 0.6 is 11.6 Å². The van der Waals surface area contributed by atoms with Gasteiger partial charge in [0.15, 0.2) is 0 Å². The molecule has 132 valence electrons. The number of likely N-dealkylation sites (N-methyl/N-ethyl adjacent to an activating group) is 1. The number of nitrogens with zero attached hydrogens (tertiary/aromatic N) is 1. The minimum Gasteiger partial charge on any atom is -0.480 e. The van der Waals surface area contributed by atoms with Gasteiger partial charge in [-0.25, -0.2) is 4.79 Å². The molecule has 0 saturated carbocycles. The Kier molecular flexibility index (Phi) is 7.22. The number of carboxylic acids is 1. The number of hydrogen-bond acceptors (Lipinski definition) is 3. The fraction of sp³-hybridized carbons (Fsp3) is 0.471. The van der Waals surface area contributed by atoms with Gasteiger partial charge in [-0.1, -0.05) is 25.4 Å². The van der Waals surface area contributed by atoms with Crippen molar-refractivity contribution in [1.29, 1.82) is 0 Å². The van der Waals surface area contributed by atoms with Crippen LogP contribution in [0.4, 0.5) is 0 Å². The Morgan fingerprint density at radius 2 is 1.71 bits per heavy atom. The van der Waals surface area contributed by atoms with Crippen LogP contribution in [-0.2, 0) is 9.59 Å². The zero-order valence-corrected chi connectivity index (χ0v) is 15.0. The lowest BCUT2D eigenvalue weighted by Gasteiger charge is -2.28. The van der Waals surface area contributed by atoms with Crippen molar-refractivity contribution in [2.75, 3.05) is 7.05 Å². The largest absolute Gasteiger partial charge is 0.480 e. The summed E-state index contributed by atoms with van der Waals surface area (Å²) in [6.07, 6.45) is 0.412. The summed E-state index contributed by atoms with van der Waals surface area (Å²) >= 11 is 5.80. The van der Waals surface area contributed by atoms with E-state index in [1.807, 2.05) is 13.8 Å². The Morgan fingerprint density at radius 1 is 1.17 bits per heavy atom. The molecule has 1 rings (SSSR count). The molecule has 0 aliphatic carbocycles. The molecule has 6 nitrogen and oxygen atoms in total. The van der Waals surface area contributed by atoms with E-state index in [4.69, 9.17) is 16.7 Å². The lowest BCUT2D eigenvalue weighted by Crippen LogP contribution is -2.51. The quantitative estimate of drug-likeness (QED) is 0.787. The molecule has 1 aromatic rings. The van der Waals surface area contributed by atoms with Gasteiger partial charge in [-0.3, -0.25) is 9.59 Å². The third-order valence-electron chi connectivity index (χ3n) is 3.70. The number of nitrogens with one attached hydrogen (secondary N) is 1. The number of halogens is 1. The summed E-state index contributed by atoms with van der Waals surface area (Å²) in [5, 5.41) is 12.3. The van der Waals surface area contributed by atoms with Gasteiger partial charge in [0.1, 0.15) is 12.1 Å². The Bertz CT molecular complexity index is 601. The molecule has 1 aromatic carbocycles. The highest BCUT2D eigenvalue weighted by Crippen LogP contribution is 2.13. The average molecular weight is 355 g/mol. The number of benzene rings is 1. The molecule has 0 spiro atoms. The summed E-state index contributed by atoms with van der Waals surface area (Å²) in [4.78, 5) is 37.1. The molecular weight excluding hydrogens is 332 g/mol. The summed E-state index contributed by atoms with van der Waals surface area (Å²) in [6, 6.07) is 4.55. The van der Waals surface area contributed by atoms with Crippen molar-refractivity contribution in [3.63, 3.8) is 0 Å². The molecule has 0 radical (unpaired) electrons. The van der Waals surface area contributed by atoms with Crippen molar-refractivity contribution < 1.29 is 19.5 Å². The third-order valence-corrected chi connectivity index (χ3v) is 3.95. The van der Waals surface area contributed by atoms with E-state index in [0.717, 1.165) is 4.90 Å². The first kappa shape index (κ1) is 20.0. The van der Waals surface area contributed by atoms with E-state index in [0.29, 0.717) is 17.0 Å². The molecule has 2 N–H and O–H groups in total. The molecule has 0 fully saturated rings. The zero-order chi connectivity index (χ0) is 18.4. The fourth-order valence-corrected chi connectivity index (χ4v) is 2.26. The van der Waals surface area contributed by atoms with E-state index >= 15 is 0 Å². The Morgan fingerprint density at radius 3 is 2.17 bits per heavy atom. The van der Waals surface area contributed by atoms with Gasteiger partial charge in [-0.05, 0) is 43.5 Å². The smallest absolute Gasteiger partial charge is 0.326 e. The van der Waals surface area contributed by atoms with Crippen LogP contribution in [-0.4, -0.2) is 46.9 Å². The van der Waals surface area contributed by atoms with Gasteiger partial charge in [0.25, 0.3) is 5.91 Å². The van der Waals surface area contributed by atoms with Crippen LogP contribution in [0.15, 0.2) is 24.3 Å². The van der Waals surface area contributed by atoms with Gasteiger partial charge in [-0.15, -0.1) is 0 Å². The molecular formula is C17H23ClN2O4. The van der Waals surface area contributed by atoms with Crippen LogP contribution in [0.1, 0.15) is 37.6 Å². The topological polar surface area (TPSA) is 86.7 Å². The Balaban J connectivity index is 2.92. The van der Waals surface area contributed by atoms with Crippen molar-refractivity contribution in [2.45, 2.75) is 39.3 Å². The van der Waals surface area contributed by atoms with E-state index in [1.54, 1.807) is 24.3 Å². The molecule has 7 heteroatoms. The highest BCUT2D eigenvalue weighted by atomic mass is 35.5. The second-order valence-electron chi connectivity index (χ2n) is 6.13. The van der Waals surface area contributed by atoms with Crippen LogP contribution in [0.2, 0.25) is 5.02 Å². The molecule has 2 amide bonds. The van der Waals surface area contributed by atoms with E-state index in [-0.39, 0.29) is 5.92 Å². The number of carboxylic acid groups (broad SMARTS) is 1. The predicted molar refractivity (Wildman–Crippen MR) is 92.0 cm³/mol. The van der Waals surface area contributed by atoms with Gasteiger partial charge in [0, 0.05) is 17.6 Å². The van der Waals surface area contributed by atoms with Crippen molar-refractivity contribution in [3.8, 4) is 0 Å². The van der Waals surface area contributed by atoms with E-state index < -0.39 is 29.9 Å². The number of carbonyl (C=O) groups excluding carboxylic acids is 2. The molecule has 0 heterocycles.